The highest BCUT2D eigenvalue weighted by Crippen LogP contribution is 2.39. The van der Waals surface area contributed by atoms with E-state index in [4.69, 9.17) is 14.2 Å². The maximum absolute atomic E-state index is 5.45. The van der Waals surface area contributed by atoms with E-state index < -0.39 is 0 Å². The number of benzene rings is 1. The Morgan fingerprint density at radius 1 is 1.06 bits per heavy atom. The van der Waals surface area contributed by atoms with Crippen LogP contribution in [0.3, 0.4) is 0 Å². The molecule has 0 aliphatic rings. The van der Waals surface area contributed by atoms with Crippen molar-refractivity contribution in [2.24, 2.45) is 0 Å². The lowest BCUT2D eigenvalue weighted by molar-refractivity contribution is 0.324. The summed E-state index contributed by atoms with van der Waals surface area (Å²) in [6.45, 7) is 7.90. The Kier molecular flexibility index (Phi) is 5.67. The molecule has 0 bridgehead atoms. The average molecular weight is 435 g/mol. The van der Waals surface area contributed by atoms with Crippen LogP contribution < -0.4 is 19.5 Å². The molecule has 0 radical (unpaired) electrons. The van der Waals surface area contributed by atoms with Gasteiger partial charge >= 0.3 is 0 Å². The van der Waals surface area contributed by atoms with Crippen molar-refractivity contribution in [3.05, 3.63) is 43.3 Å². The summed E-state index contributed by atoms with van der Waals surface area (Å²) in [4.78, 5) is 13.6. The van der Waals surface area contributed by atoms with Gasteiger partial charge in [-0.25, -0.2) is 19.6 Å². The number of methoxy groups -OCH3 is 3. The molecule has 1 N–H and O–H groups in total. The fraction of sp³-hybridized carbons (Fsp3) is 0.273. The van der Waals surface area contributed by atoms with E-state index in [1.807, 2.05) is 41.4 Å². The fourth-order valence-electron chi connectivity index (χ4n) is 3.37. The number of fused-ring (bicyclic) bond motifs is 1. The van der Waals surface area contributed by atoms with E-state index in [9.17, 15) is 0 Å². The largest absolute Gasteiger partial charge is 0.493 e. The van der Waals surface area contributed by atoms with Crippen molar-refractivity contribution in [3.8, 4) is 22.9 Å². The summed E-state index contributed by atoms with van der Waals surface area (Å²) in [6.07, 6.45) is 6.89. The molecule has 4 rings (SSSR count). The number of imidazole rings is 1. The first-order valence-electron chi connectivity index (χ1n) is 9.98. The summed E-state index contributed by atoms with van der Waals surface area (Å²) >= 11 is 0. The van der Waals surface area contributed by atoms with Crippen molar-refractivity contribution in [2.75, 3.05) is 26.6 Å². The molecule has 0 unspecified atom stereocenters. The van der Waals surface area contributed by atoms with Crippen LogP contribution in [0.25, 0.3) is 22.8 Å². The molecular formula is C22H25N7O3. The molecule has 0 aliphatic heterocycles. The zero-order valence-corrected chi connectivity index (χ0v) is 18.7. The van der Waals surface area contributed by atoms with Gasteiger partial charge in [0.2, 0.25) is 5.75 Å². The summed E-state index contributed by atoms with van der Waals surface area (Å²) in [5, 5.41) is 8.52. The third-order valence-electron chi connectivity index (χ3n) is 4.92. The van der Waals surface area contributed by atoms with Crippen LogP contribution in [0, 0.1) is 0 Å². The number of rotatable bonds is 8. The zero-order chi connectivity index (χ0) is 22.8. The quantitative estimate of drug-likeness (QED) is 0.443. The molecule has 3 aromatic heterocycles. The van der Waals surface area contributed by atoms with Gasteiger partial charge in [-0.2, -0.15) is 5.10 Å². The van der Waals surface area contributed by atoms with Gasteiger partial charge in [-0.1, -0.05) is 6.58 Å². The minimum absolute atomic E-state index is 0.159. The normalized spacial score (nSPS) is 11.1. The third kappa shape index (κ3) is 3.70. The van der Waals surface area contributed by atoms with Gasteiger partial charge in [0.15, 0.2) is 23.0 Å². The smallest absolute Gasteiger partial charge is 0.203 e. The summed E-state index contributed by atoms with van der Waals surface area (Å²) < 4.78 is 20.0. The summed E-state index contributed by atoms with van der Waals surface area (Å²) in [6, 6.07) is 3.85. The Morgan fingerprint density at radius 3 is 2.38 bits per heavy atom. The van der Waals surface area contributed by atoms with Crippen LogP contribution in [0.15, 0.2) is 37.4 Å². The van der Waals surface area contributed by atoms with Gasteiger partial charge in [0.25, 0.3) is 0 Å². The number of hydrogen-bond acceptors (Lipinski definition) is 8. The Balaban J connectivity index is 1.72. The monoisotopic (exact) mass is 435 g/mol. The van der Waals surface area contributed by atoms with Gasteiger partial charge in [0.05, 0.1) is 44.8 Å². The highest BCUT2D eigenvalue weighted by molar-refractivity contribution is 5.88. The van der Waals surface area contributed by atoms with Gasteiger partial charge in [0, 0.05) is 18.2 Å². The van der Waals surface area contributed by atoms with Crippen LogP contribution in [0.4, 0.5) is 11.6 Å². The predicted molar refractivity (Wildman–Crippen MR) is 122 cm³/mol. The molecule has 4 aromatic rings. The molecule has 0 aliphatic carbocycles. The average Bonchev–Trinajstić information content (AvgIpc) is 3.45. The van der Waals surface area contributed by atoms with Gasteiger partial charge in [-0.3, -0.25) is 0 Å². The highest BCUT2D eigenvalue weighted by atomic mass is 16.5. The van der Waals surface area contributed by atoms with Gasteiger partial charge < -0.3 is 24.1 Å². The van der Waals surface area contributed by atoms with Crippen LogP contribution in [0.5, 0.6) is 17.2 Å². The topological polar surface area (TPSA) is 101 Å². The molecule has 0 saturated heterocycles. The highest BCUT2D eigenvalue weighted by Gasteiger charge is 2.16. The standard InChI is InChI=1S/C22H25N7O3/c1-7-18-25-21(15-10-24-29(13(2)3)22(15)27-18)26-19-11-28(12-23-19)14-8-16(30-4)20(32-6)17(9-14)31-5/h7-13H,1H2,2-6H3,(H,25,26,27). The minimum atomic E-state index is 0.159. The maximum Gasteiger partial charge on any atom is 0.203 e. The van der Waals surface area contributed by atoms with Crippen molar-refractivity contribution in [2.45, 2.75) is 19.9 Å². The summed E-state index contributed by atoms with van der Waals surface area (Å²) in [5.41, 5.74) is 1.53. The number of ether oxygens (including phenoxy) is 3. The van der Waals surface area contributed by atoms with E-state index in [1.54, 1.807) is 39.9 Å². The fourth-order valence-corrected chi connectivity index (χ4v) is 3.37. The maximum atomic E-state index is 5.45. The zero-order valence-electron chi connectivity index (χ0n) is 18.7. The predicted octanol–water partition coefficient (Wildman–Crippen LogP) is 4.01. The minimum Gasteiger partial charge on any atom is -0.493 e. The summed E-state index contributed by atoms with van der Waals surface area (Å²) in [5.74, 6) is 3.35. The Bertz CT molecular complexity index is 1250. The SMILES string of the molecule is C=Cc1nc(Nc2cn(-c3cc(OC)c(OC)c(OC)c3)cn2)c2cnn(C(C)C)c2n1. The van der Waals surface area contributed by atoms with Crippen molar-refractivity contribution in [1.82, 2.24) is 29.3 Å². The van der Waals surface area contributed by atoms with Gasteiger partial charge in [0.1, 0.15) is 18.0 Å². The van der Waals surface area contributed by atoms with E-state index in [0.29, 0.717) is 34.7 Å². The number of aromatic nitrogens is 6. The second kappa shape index (κ2) is 8.58. The first-order chi connectivity index (χ1) is 15.5. The van der Waals surface area contributed by atoms with E-state index >= 15 is 0 Å². The first kappa shape index (κ1) is 21.2. The molecule has 0 amide bonds. The molecule has 0 fully saturated rings. The molecule has 0 spiro atoms. The van der Waals surface area contributed by atoms with E-state index in [-0.39, 0.29) is 6.04 Å². The molecular weight excluding hydrogens is 410 g/mol. The van der Waals surface area contributed by atoms with E-state index in [1.165, 1.54) is 0 Å². The number of nitrogens with one attached hydrogen (secondary N) is 1. The van der Waals surface area contributed by atoms with Gasteiger partial charge in [-0.05, 0) is 19.9 Å². The van der Waals surface area contributed by atoms with Crippen LogP contribution in [-0.4, -0.2) is 50.6 Å². The molecule has 10 nitrogen and oxygen atoms in total. The molecule has 10 heteroatoms. The number of nitrogens with zero attached hydrogens (tertiary/aromatic N) is 6. The van der Waals surface area contributed by atoms with Crippen molar-refractivity contribution in [1.29, 1.82) is 0 Å². The lowest BCUT2D eigenvalue weighted by atomic mass is 10.2. The lowest BCUT2D eigenvalue weighted by Crippen LogP contribution is -2.05. The van der Waals surface area contributed by atoms with E-state index in [0.717, 1.165) is 16.7 Å². The Morgan fingerprint density at radius 2 is 1.78 bits per heavy atom. The molecule has 0 atom stereocenters. The lowest BCUT2D eigenvalue weighted by Gasteiger charge is -2.14. The molecule has 0 saturated carbocycles. The molecule has 3 heterocycles. The number of anilines is 2. The second-order valence-corrected chi connectivity index (χ2v) is 7.23. The Hall–Kier alpha value is -4.08. The molecule has 32 heavy (non-hydrogen) atoms. The first-order valence-corrected chi connectivity index (χ1v) is 9.98. The van der Waals surface area contributed by atoms with Crippen molar-refractivity contribution in [3.63, 3.8) is 0 Å². The second-order valence-electron chi connectivity index (χ2n) is 7.23. The van der Waals surface area contributed by atoms with Crippen LogP contribution >= 0.6 is 0 Å². The van der Waals surface area contributed by atoms with Crippen LogP contribution in [0.1, 0.15) is 25.7 Å². The van der Waals surface area contributed by atoms with E-state index in [2.05, 4.69) is 31.9 Å². The Labute approximate surface area is 185 Å². The van der Waals surface area contributed by atoms with Crippen LogP contribution in [0.2, 0.25) is 0 Å². The van der Waals surface area contributed by atoms with Crippen LogP contribution in [-0.2, 0) is 0 Å². The summed E-state index contributed by atoms with van der Waals surface area (Å²) in [7, 11) is 4.73. The third-order valence-corrected chi connectivity index (χ3v) is 4.92. The number of hydrogen-bond donors (Lipinski definition) is 1. The molecule has 166 valence electrons. The molecule has 1 aromatic carbocycles. The van der Waals surface area contributed by atoms with Crippen molar-refractivity contribution < 1.29 is 14.2 Å². The van der Waals surface area contributed by atoms with Gasteiger partial charge in [-0.15, -0.1) is 0 Å². The van der Waals surface area contributed by atoms with Crippen molar-refractivity contribution >= 4 is 28.7 Å².